The van der Waals surface area contributed by atoms with Crippen molar-refractivity contribution in [2.75, 3.05) is 13.1 Å². The van der Waals surface area contributed by atoms with Crippen LogP contribution in [0.4, 0.5) is 0 Å². The zero-order chi connectivity index (χ0) is 16.8. The van der Waals surface area contributed by atoms with Crippen LogP contribution in [0.5, 0.6) is 0 Å². The smallest absolute Gasteiger partial charge is 0.289 e. The van der Waals surface area contributed by atoms with E-state index >= 15 is 0 Å². The Balaban J connectivity index is 1.94. The Labute approximate surface area is 133 Å². The Morgan fingerprint density at radius 1 is 1.39 bits per heavy atom. The molecule has 0 unspecified atom stereocenters. The van der Waals surface area contributed by atoms with Crippen molar-refractivity contribution in [3.05, 3.63) is 45.8 Å². The summed E-state index contributed by atoms with van der Waals surface area (Å²) in [6.45, 7) is 3.70. The SMILES string of the molecule is Cc1ccc2c(=O)cc(C(=O)N3CC[C@](C)(O)[C@@H](O)C3)oc2c1. The fourth-order valence-corrected chi connectivity index (χ4v) is 2.73. The summed E-state index contributed by atoms with van der Waals surface area (Å²) in [6, 6.07) is 6.37. The number of aliphatic hydroxyl groups is 2. The van der Waals surface area contributed by atoms with Gasteiger partial charge in [-0.05, 0) is 38.0 Å². The van der Waals surface area contributed by atoms with Crippen LogP contribution in [0.1, 0.15) is 29.5 Å². The van der Waals surface area contributed by atoms with Gasteiger partial charge in [0, 0.05) is 19.2 Å². The van der Waals surface area contributed by atoms with E-state index in [1.807, 2.05) is 13.0 Å². The molecule has 2 atom stereocenters. The van der Waals surface area contributed by atoms with Gasteiger partial charge in [-0.25, -0.2) is 0 Å². The van der Waals surface area contributed by atoms with E-state index in [0.29, 0.717) is 17.5 Å². The number of benzene rings is 1. The van der Waals surface area contributed by atoms with Crippen molar-refractivity contribution in [3.63, 3.8) is 0 Å². The van der Waals surface area contributed by atoms with E-state index < -0.39 is 17.6 Å². The van der Waals surface area contributed by atoms with Crippen LogP contribution in [-0.2, 0) is 0 Å². The summed E-state index contributed by atoms with van der Waals surface area (Å²) >= 11 is 0. The van der Waals surface area contributed by atoms with E-state index in [9.17, 15) is 19.8 Å². The monoisotopic (exact) mass is 317 g/mol. The molecule has 6 heteroatoms. The first kappa shape index (κ1) is 15.7. The third-order valence-electron chi connectivity index (χ3n) is 4.38. The highest BCUT2D eigenvalue weighted by Gasteiger charge is 2.38. The molecule has 3 rings (SSSR count). The predicted octanol–water partition coefficient (Wildman–Crippen LogP) is 1.06. The van der Waals surface area contributed by atoms with Gasteiger partial charge < -0.3 is 19.5 Å². The number of hydrogen-bond acceptors (Lipinski definition) is 5. The summed E-state index contributed by atoms with van der Waals surface area (Å²) in [7, 11) is 0. The van der Waals surface area contributed by atoms with Gasteiger partial charge in [0.15, 0.2) is 11.2 Å². The second-order valence-corrected chi connectivity index (χ2v) is 6.35. The number of amides is 1. The van der Waals surface area contributed by atoms with Crippen LogP contribution in [0, 0.1) is 6.92 Å². The van der Waals surface area contributed by atoms with Gasteiger partial charge in [-0.2, -0.15) is 0 Å². The molecule has 0 radical (unpaired) electrons. The number of hydrogen-bond donors (Lipinski definition) is 2. The molecular weight excluding hydrogens is 298 g/mol. The second-order valence-electron chi connectivity index (χ2n) is 6.35. The molecule has 1 aliphatic rings. The Morgan fingerprint density at radius 2 is 2.13 bits per heavy atom. The van der Waals surface area contributed by atoms with Crippen LogP contribution in [0.2, 0.25) is 0 Å². The first-order valence-electron chi connectivity index (χ1n) is 7.52. The average Bonchev–Trinajstić information content (AvgIpc) is 2.48. The second kappa shape index (κ2) is 5.47. The molecule has 0 aliphatic carbocycles. The molecule has 2 heterocycles. The molecule has 1 amide bonds. The van der Waals surface area contributed by atoms with Gasteiger partial charge in [0.1, 0.15) is 5.58 Å². The minimum absolute atomic E-state index is 0.00139. The van der Waals surface area contributed by atoms with Crippen LogP contribution >= 0.6 is 0 Å². The van der Waals surface area contributed by atoms with Crippen molar-refractivity contribution < 1.29 is 19.4 Å². The lowest BCUT2D eigenvalue weighted by Crippen LogP contribution is -2.55. The number of carbonyl (C=O) groups excluding carboxylic acids is 1. The number of piperidine rings is 1. The Bertz CT molecular complexity index is 823. The first-order chi connectivity index (χ1) is 10.8. The van der Waals surface area contributed by atoms with E-state index in [-0.39, 0.29) is 24.2 Å². The van der Waals surface area contributed by atoms with Crippen molar-refractivity contribution >= 4 is 16.9 Å². The molecule has 0 saturated carbocycles. The Hall–Kier alpha value is -2.18. The summed E-state index contributed by atoms with van der Waals surface area (Å²) in [6.07, 6.45) is -0.772. The van der Waals surface area contributed by atoms with Crippen molar-refractivity contribution in [1.29, 1.82) is 0 Å². The standard InChI is InChI=1S/C17H19NO5/c1-10-3-4-11-12(19)8-14(23-13(11)7-10)16(21)18-6-5-17(2,22)15(20)9-18/h3-4,7-8,15,20,22H,5-6,9H2,1-2H3/t15-,17-/m0/s1. The molecule has 23 heavy (non-hydrogen) atoms. The summed E-state index contributed by atoms with van der Waals surface area (Å²) < 4.78 is 5.59. The highest BCUT2D eigenvalue weighted by molar-refractivity contribution is 5.93. The van der Waals surface area contributed by atoms with E-state index in [1.54, 1.807) is 19.1 Å². The van der Waals surface area contributed by atoms with Crippen molar-refractivity contribution in [1.82, 2.24) is 4.90 Å². The highest BCUT2D eigenvalue weighted by atomic mass is 16.4. The third-order valence-corrected chi connectivity index (χ3v) is 4.38. The molecule has 1 saturated heterocycles. The number of likely N-dealkylation sites (tertiary alicyclic amines) is 1. The zero-order valence-electron chi connectivity index (χ0n) is 13.1. The quantitative estimate of drug-likeness (QED) is 0.820. The maximum atomic E-state index is 12.5. The molecule has 1 fully saturated rings. The number of nitrogens with zero attached hydrogens (tertiary/aromatic N) is 1. The summed E-state index contributed by atoms with van der Waals surface area (Å²) in [5.74, 6) is -0.512. The van der Waals surface area contributed by atoms with Crippen molar-refractivity contribution in [2.24, 2.45) is 0 Å². The van der Waals surface area contributed by atoms with E-state index in [0.717, 1.165) is 5.56 Å². The molecule has 122 valence electrons. The predicted molar refractivity (Wildman–Crippen MR) is 84.4 cm³/mol. The van der Waals surface area contributed by atoms with Crippen LogP contribution in [0.3, 0.4) is 0 Å². The number of carbonyl (C=O) groups is 1. The van der Waals surface area contributed by atoms with E-state index in [4.69, 9.17) is 4.42 Å². The summed E-state index contributed by atoms with van der Waals surface area (Å²) in [5.41, 5.74) is -0.197. The number of β-amino-alcohol motifs (C(OH)–C–C–N with tert-alkyl or cyclic N) is 1. The molecule has 2 aromatic rings. The molecule has 1 aliphatic heterocycles. The number of fused-ring (bicyclic) bond motifs is 1. The first-order valence-corrected chi connectivity index (χ1v) is 7.52. The minimum Gasteiger partial charge on any atom is -0.451 e. The molecule has 1 aromatic heterocycles. The van der Waals surface area contributed by atoms with Crippen LogP contribution in [-0.4, -0.2) is 45.8 Å². The molecule has 1 aromatic carbocycles. The van der Waals surface area contributed by atoms with E-state index in [2.05, 4.69) is 0 Å². The molecule has 0 bridgehead atoms. The molecule has 6 nitrogen and oxygen atoms in total. The van der Waals surface area contributed by atoms with E-state index in [1.165, 1.54) is 11.0 Å². The third kappa shape index (κ3) is 2.87. The summed E-state index contributed by atoms with van der Waals surface area (Å²) in [4.78, 5) is 26.1. The minimum atomic E-state index is -1.21. The van der Waals surface area contributed by atoms with Gasteiger partial charge in [0.2, 0.25) is 0 Å². The highest BCUT2D eigenvalue weighted by Crippen LogP contribution is 2.23. The Kier molecular flexibility index (Phi) is 3.74. The fraction of sp³-hybridized carbons (Fsp3) is 0.412. The van der Waals surface area contributed by atoms with Gasteiger partial charge in [-0.1, -0.05) is 6.07 Å². The lowest BCUT2D eigenvalue weighted by Gasteiger charge is -2.39. The van der Waals surface area contributed by atoms with Gasteiger partial charge in [-0.3, -0.25) is 9.59 Å². The van der Waals surface area contributed by atoms with Crippen molar-refractivity contribution in [2.45, 2.75) is 32.0 Å². The van der Waals surface area contributed by atoms with Crippen molar-refractivity contribution in [3.8, 4) is 0 Å². The average molecular weight is 317 g/mol. The molecule has 0 spiro atoms. The van der Waals surface area contributed by atoms with Gasteiger partial charge >= 0.3 is 0 Å². The van der Waals surface area contributed by atoms with Crippen LogP contribution < -0.4 is 5.43 Å². The van der Waals surface area contributed by atoms with Gasteiger partial charge in [-0.15, -0.1) is 0 Å². The molecule has 2 N–H and O–H groups in total. The number of rotatable bonds is 1. The number of aliphatic hydroxyl groups excluding tert-OH is 1. The lowest BCUT2D eigenvalue weighted by atomic mass is 9.90. The fourth-order valence-electron chi connectivity index (χ4n) is 2.73. The largest absolute Gasteiger partial charge is 0.451 e. The van der Waals surface area contributed by atoms with Gasteiger partial charge in [0.25, 0.3) is 5.91 Å². The zero-order valence-corrected chi connectivity index (χ0v) is 13.1. The van der Waals surface area contributed by atoms with Crippen LogP contribution in [0.15, 0.2) is 33.5 Å². The summed E-state index contributed by atoms with van der Waals surface area (Å²) in [5, 5.41) is 20.3. The topological polar surface area (TPSA) is 91.0 Å². The maximum Gasteiger partial charge on any atom is 0.289 e. The maximum absolute atomic E-state index is 12.5. The molecular formula is C17H19NO5. The Morgan fingerprint density at radius 3 is 2.83 bits per heavy atom. The normalized spacial score (nSPS) is 24.9. The van der Waals surface area contributed by atoms with Gasteiger partial charge in [0.05, 0.1) is 17.1 Å². The lowest BCUT2D eigenvalue weighted by molar-refractivity contribution is -0.100. The number of aryl methyl sites for hydroxylation is 1. The van der Waals surface area contributed by atoms with Crippen LogP contribution in [0.25, 0.3) is 11.0 Å².